The molecule has 1 heterocycles. The van der Waals surface area contributed by atoms with Crippen molar-refractivity contribution in [3.63, 3.8) is 0 Å². The highest BCUT2D eigenvalue weighted by Gasteiger charge is 2.22. The molecule has 3 rings (SSSR count). The van der Waals surface area contributed by atoms with Crippen LogP contribution >= 0.6 is 0 Å². The number of amides is 1. The van der Waals surface area contributed by atoms with E-state index in [1.807, 2.05) is 48.5 Å². The van der Waals surface area contributed by atoms with Gasteiger partial charge in [0.15, 0.2) is 11.5 Å². The summed E-state index contributed by atoms with van der Waals surface area (Å²) >= 11 is 0. The van der Waals surface area contributed by atoms with Crippen molar-refractivity contribution in [3.05, 3.63) is 48.5 Å². The second-order valence-electron chi connectivity index (χ2n) is 6.39. The molecular formula is C21H26N2O4. The molecule has 1 aliphatic heterocycles. The van der Waals surface area contributed by atoms with Crippen molar-refractivity contribution in [3.8, 4) is 17.2 Å². The second-order valence-corrected chi connectivity index (χ2v) is 6.39. The van der Waals surface area contributed by atoms with E-state index in [0.717, 1.165) is 18.0 Å². The summed E-state index contributed by atoms with van der Waals surface area (Å²) in [5, 5.41) is 2.91. The number of anilines is 1. The van der Waals surface area contributed by atoms with Gasteiger partial charge in [-0.15, -0.1) is 0 Å². The Hall–Kier alpha value is -2.73. The highest BCUT2D eigenvalue weighted by atomic mass is 16.6. The molecule has 2 aromatic rings. The van der Waals surface area contributed by atoms with Gasteiger partial charge in [0.25, 0.3) is 0 Å². The van der Waals surface area contributed by atoms with Gasteiger partial charge in [-0.25, -0.2) is 0 Å². The van der Waals surface area contributed by atoms with Gasteiger partial charge in [-0.3, -0.25) is 9.69 Å². The number of fused-ring (bicyclic) bond motifs is 1. The molecule has 0 aromatic heterocycles. The molecule has 2 aromatic carbocycles. The number of carbonyl (C=O) groups is 1. The molecule has 0 radical (unpaired) electrons. The summed E-state index contributed by atoms with van der Waals surface area (Å²) in [5.74, 6) is 2.18. The highest BCUT2D eigenvalue weighted by Crippen LogP contribution is 2.31. The lowest BCUT2D eigenvalue weighted by atomic mass is 10.2. The standard InChI is InChI=1S/C21H26N2O4/c1-3-23(14-16-15-26-19-10-6-7-11-20(19)27-16)13-12-21(24)22-17-8-4-5-9-18(17)25-2/h4-11,16H,3,12-15H2,1-2H3,(H,22,24). The van der Waals surface area contributed by atoms with E-state index in [0.29, 0.717) is 37.6 Å². The van der Waals surface area contributed by atoms with E-state index in [2.05, 4.69) is 17.1 Å². The summed E-state index contributed by atoms with van der Waals surface area (Å²) in [5.41, 5.74) is 0.689. The zero-order valence-corrected chi connectivity index (χ0v) is 15.8. The third-order valence-corrected chi connectivity index (χ3v) is 4.51. The van der Waals surface area contributed by atoms with Crippen molar-refractivity contribution in [1.29, 1.82) is 0 Å². The fourth-order valence-electron chi connectivity index (χ4n) is 3.04. The Labute approximate surface area is 160 Å². The number of methoxy groups -OCH3 is 1. The number of likely N-dealkylation sites (N-methyl/N-ethyl adjacent to an activating group) is 1. The molecule has 6 nitrogen and oxygen atoms in total. The first kappa shape index (κ1) is 19.0. The summed E-state index contributed by atoms with van der Waals surface area (Å²) in [6.07, 6.45) is 0.355. The van der Waals surface area contributed by atoms with Crippen molar-refractivity contribution in [2.45, 2.75) is 19.4 Å². The highest BCUT2D eigenvalue weighted by molar-refractivity contribution is 5.92. The lowest BCUT2D eigenvalue weighted by Gasteiger charge is -2.30. The minimum absolute atomic E-state index is 0.0379. The summed E-state index contributed by atoms with van der Waals surface area (Å²) in [4.78, 5) is 14.5. The van der Waals surface area contributed by atoms with Gasteiger partial charge in [0.1, 0.15) is 18.5 Å². The van der Waals surface area contributed by atoms with E-state index in [-0.39, 0.29) is 12.0 Å². The van der Waals surface area contributed by atoms with E-state index in [1.54, 1.807) is 7.11 Å². The number of hydrogen-bond donors (Lipinski definition) is 1. The van der Waals surface area contributed by atoms with E-state index in [4.69, 9.17) is 14.2 Å². The Balaban J connectivity index is 1.48. The van der Waals surface area contributed by atoms with Crippen molar-refractivity contribution < 1.29 is 19.0 Å². The molecule has 0 bridgehead atoms. The molecule has 1 unspecified atom stereocenters. The molecule has 0 fully saturated rings. The van der Waals surface area contributed by atoms with Gasteiger partial charge in [-0.1, -0.05) is 31.2 Å². The van der Waals surface area contributed by atoms with E-state index in [1.165, 1.54) is 0 Å². The molecule has 6 heteroatoms. The number of nitrogens with one attached hydrogen (secondary N) is 1. The first-order valence-electron chi connectivity index (χ1n) is 9.23. The van der Waals surface area contributed by atoms with Crippen LogP contribution in [0.25, 0.3) is 0 Å². The lowest BCUT2D eigenvalue weighted by Crippen LogP contribution is -2.41. The van der Waals surface area contributed by atoms with E-state index < -0.39 is 0 Å². The van der Waals surface area contributed by atoms with Gasteiger partial charge < -0.3 is 19.5 Å². The predicted molar refractivity (Wildman–Crippen MR) is 105 cm³/mol. The zero-order valence-electron chi connectivity index (χ0n) is 15.8. The van der Waals surface area contributed by atoms with Crippen LogP contribution in [0.5, 0.6) is 17.2 Å². The van der Waals surface area contributed by atoms with Gasteiger partial charge in [0, 0.05) is 19.5 Å². The molecule has 1 amide bonds. The number of benzene rings is 2. The van der Waals surface area contributed by atoms with E-state index >= 15 is 0 Å². The molecule has 0 aliphatic carbocycles. The van der Waals surface area contributed by atoms with Crippen LogP contribution in [-0.2, 0) is 4.79 Å². The van der Waals surface area contributed by atoms with Crippen LogP contribution in [0, 0.1) is 0 Å². The Morgan fingerprint density at radius 3 is 2.70 bits per heavy atom. The van der Waals surface area contributed by atoms with Crippen LogP contribution in [0.4, 0.5) is 5.69 Å². The summed E-state index contributed by atoms with van der Waals surface area (Å²) in [6.45, 7) is 4.80. The average Bonchev–Trinajstić information content (AvgIpc) is 2.71. The number of carbonyl (C=O) groups excluding carboxylic acids is 1. The summed E-state index contributed by atoms with van der Waals surface area (Å²) < 4.78 is 17.0. The third kappa shape index (κ3) is 5.14. The van der Waals surface area contributed by atoms with Crippen molar-refractivity contribution in [2.75, 3.05) is 38.7 Å². The Morgan fingerprint density at radius 2 is 1.93 bits per heavy atom. The Morgan fingerprint density at radius 1 is 1.19 bits per heavy atom. The Bertz CT molecular complexity index is 765. The minimum Gasteiger partial charge on any atom is -0.495 e. The fraction of sp³-hybridized carbons (Fsp3) is 0.381. The van der Waals surface area contributed by atoms with Crippen LogP contribution in [0.2, 0.25) is 0 Å². The van der Waals surface area contributed by atoms with Crippen molar-refractivity contribution in [2.24, 2.45) is 0 Å². The maximum atomic E-state index is 12.3. The summed E-state index contributed by atoms with van der Waals surface area (Å²) in [7, 11) is 1.59. The Kier molecular flexibility index (Phi) is 6.54. The van der Waals surface area contributed by atoms with Crippen molar-refractivity contribution in [1.82, 2.24) is 4.90 Å². The minimum atomic E-state index is -0.0443. The number of ether oxygens (including phenoxy) is 3. The van der Waals surface area contributed by atoms with Gasteiger partial charge in [-0.2, -0.15) is 0 Å². The van der Waals surface area contributed by atoms with Crippen LogP contribution < -0.4 is 19.5 Å². The number of nitrogens with zero attached hydrogens (tertiary/aromatic N) is 1. The molecule has 1 atom stereocenters. The fourth-order valence-corrected chi connectivity index (χ4v) is 3.04. The number of rotatable bonds is 8. The predicted octanol–water partition coefficient (Wildman–Crippen LogP) is 3.19. The first-order chi connectivity index (χ1) is 13.2. The topological polar surface area (TPSA) is 60.0 Å². The lowest BCUT2D eigenvalue weighted by molar-refractivity contribution is -0.116. The zero-order chi connectivity index (χ0) is 19.1. The van der Waals surface area contributed by atoms with Gasteiger partial charge in [0.2, 0.25) is 5.91 Å². The van der Waals surface area contributed by atoms with Gasteiger partial charge in [0.05, 0.1) is 12.8 Å². The molecule has 0 saturated heterocycles. The van der Waals surface area contributed by atoms with Gasteiger partial charge in [-0.05, 0) is 30.8 Å². The number of para-hydroxylation sites is 4. The monoisotopic (exact) mass is 370 g/mol. The average molecular weight is 370 g/mol. The second kappa shape index (κ2) is 9.28. The first-order valence-corrected chi connectivity index (χ1v) is 9.23. The quantitative estimate of drug-likeness (QED) is 0.773. The van der Waals surface area contributed by atoms with E-state index in [9.17, 15) is 4.79 Å². The third-order valence-electron chi connectivity index (χ3n) is 4.51. The molecular weight excluding hydrogens is 344 g/mol. The maximum absolute atomic E-state index is 12.3. The molecule has 1 N–H and O–H groups in total. The van der Waals surface area contributed by atoms with Crippen LogP contribution in [0.3, 0.4) is 0 Å². The SMILES string of the molecule is CCN(CCC(=O)Nc1ccccc1OC)CC1COc2ccccc2O1. The molecule has 1 aliphatic rings. The number of hydrogen-bond acceptors (Lipinski definition) is 5. The smallest absolute Gasteiger partial charge is 0.225 e. The van der Waals surface area contributed by atoms with Crippen LogP contribution in [0.1, 0.15) is 13.3 Å². The molecule has 0 spiro atoms. The molecule has 0 saturated carbocycles. The van der Waals surface area contributed by atoms with Crippen LogP contribution in [-0.4, -0.2) is 50.3 Å². The summed E-state index contributed by atoms with van der Waals surface area (Å²) in [6, 6.07) is 15.1. The van der Waals surface area contributed by atoms with Crippen molar-refractivity contribution >= 4 is 11.6 Å². The van der Waals surface area contributed by atoms with Gasteiger partial charge >= 0.3 is 0 Å². The molecule has 27 heavy (non-hydrogen) atoms. The maximum Gasteiger partial charge on any atom is 0.225 e. The normalized spacial score (nSPS) is 15.4. The largest absolute Gasteiger partial charge is 0.495 e. The molecule has 144 valence electrons. The van der Waals surface area contributed by atoms with Crippen LogP contribution in [0.15, 0.2) is 48.5 Å².